The smallest absolute Gasteiger partial charge is 0.0561 e. The maximum Gasteiger partial charge on any atom is 0.0561 e. The largest absolute Gasteiger partial charge is 0.279 e. The molecule has 0 bridgehead atoms. The van der Waals surface area contributed by atoms with Crippen LogP contribution < -0.4 is 10.9 Å². The van der Waals surface area contributed by atoms with E-state index in [1.807, 2.05) is 72.8 Å². The normalized spacial score (nSPS) is 11.2. The highest BCUT2D eigenvalue weighted by Crippen LogP contribution is 2.24. The Balaban J connectivity index is 1.67. The van der Waals surface area contributed by atoms with Gasteiger partial charge in [-0.25, -0.2) is 0 Å². The highest BCUT2D eigenvalue weighted by molar-refractivity contribution is 9.11. The standard InChI is InChI=1S/C20H16Br2N4/c21-19-12-16(14-24-26-18-9-5-2-6-10-18)20(22)11-15(19)13-23-25-17-7-3-1-4-8-17/h1-14,25-26H/b23-13+,24-14+. The lowest BCUT2D eigenvalue weighted by Gasteiger charge is -2.05. The van der Waals surface area contributed by atoms with Crippen LogP contribution in [0.4, 0.5) is 11.4 Å². The predicted molar refractivity (Wildman–Crippen MR) is 117 cm³/mol. The second-order valence-electron chi connectivity index (χ2n) is 5.37. The van der Waals surface area contributed by atoms with Crippen LogP contribution in [0.1, 0.15) is 11.1 Å². The number of para-hydroxylation sites is 2. The van der Waals surface area contributed by atoms with Gasteiger partial charge < -0.3 is 0 Å². The van der Waals surface area contributed by atoms with Crippen LogP contribution in [0.5, 0.6) is 0 Å². The van der Waals surface area contributed by atoms with Gasteiger partial charge in [0.1, 0.15) is 0 Å². The van der Waals surface area contributed by atoms with Gasteiger partial charge in [-0.1, -0.05) is 68.3 Å². The number of hydrazone groups is 2. The molecule has 130 valence electrons. The summed E-state index contributed by atoms with van der Waals surface area (Å²) < 4.78 is 1.86. The summed E-state index contributed by atoms with van der Waals surface area (Å²) in [5.74, 6) is 0. The second kappa shape index (κ2) is 9.31. The van der Waals surface area contributed by atoms with Crippen LogP contribution in [0.15, 0.2) is 91.9 Å². The van der Waals surface area contributed by atoms with E-state index >= 15 is 0 Å². The van der Waals surface area contributed by atoms with Crippen LogP contribution in [0.25, 0.3) is 0 Å². The molecule has 0 aliphatic heterocycles. The minimum absolute atomic E-state index is 0.931. The van der Waals surface area contributed by atoms with Crippen LogP contribution in [0, 0.1) is 0 Å². The van der Waals surface area contributed by atoms with Crippen molar-refractivity contribution in [3.63, 3.8) is 0 Å². The molecule has 26 heavy (non-hydrogen) atoms. The third-order valence-electron chi connectivity index (χ3n) is 3.46. The molecule has 4 nitrogen and oxygen atoms in total. The number of nitrogens with zero attached hydrogens (tertiary/aromatic N) is 2. The van der Waals surface area contributed by atoms with Gasteiger partial charge in [-0.05, 0) is 36.4 Å². The van der Waals surface area contributed by atoms with Gasteiger partial charge in [0.2, 0.25) is 0 Å². The van der Waals surface area contributed by atoms with E-state index in [2.05, 4.69) is 52.9 Å². The molecular formula is C20H16Br2N4. The van der Waals surface area contributed by atoms with Crippen molar-refractivity contribution in [2.24, 2.45) is 10.2 Å². The molecule has 0 unspecified atom stereocenters. The van der Waals surface area contributed by atoms with Crippen LogP contribution in [0.3, 0.4) is 0 Å². The van der Waals surface area contributed by atoms with Crippen LogP contribution in [-0.2, 0) is 0 Å². The molecule has 0 aliphatic rings. The van der Waals surface area contributed by atoms with E-state index < -0.39 is 0 Å². The molecular weight excluding hydrogens is 456 g/mol. The minimum atomic E-state index is 0.931. The molecule has 0 radical (unpaired) electrons. The molecule has 6 heteroatoms. The zero-order valence-corrected chi connectivity index (χ0v) is 16.9. The zero-order valence-electron chi connectivity index (χ0n) is 13.7. The third-order valence-corrected chi connectivity index (χ3v) is 4.83. The zero-order chi connectivity index (χ0) is 18.2. The topological polar surface area (TPSA) is 48.8 Å². The van der Waals surface area contributed by atoms with Crippen molar-refractivity contribution in [3.05, 3.63) is 92.9 Å². The Bertz CT molecular complexity index is 833. The van der Waals surface area contributed by atoms with Crippen molar-refractivity contribution >= 4 is 55.7 Å². The lowest BCUT2D eigenvalue weighted by atomic mass is 10.1. The molecule has 0 saturated heterocycles. The third kappa shape index (κ3) is 5.28. The lowest BCUT2D eigenvalue weighted by Crippen LogP contribution is -1.95. The fourth-order valence-corrected chi connectivity index (χ4v) is 3.08. The van der Waals surface area contributed by atoms with E-state index in [0.717, 1.165) is 31.4 Å². The first-order valence-corrected chi connectivity index (χ1v) is 9.48. The first-order chi connectivity index (χ1) is 12.7. The Morgan fingerprint density at radius 2 is 1.00 bits per heavy atom. The summed E-state index contributed by atoms with van der Waals surface area (Å²) >= 11 is 7.17. The SMILES string of the molecule is Brc1cc(/C=N/Nc2ccccc2)c(Br)cc1/C=N/Nc1ccccc1. The first-order valence-electron chi connectivity index (χ1n) is 7.89. The molecule has 0 amide bonds. The Morgan fingerprint density at radius 3 is 1.38 bits per heavy atom. The van der Waals surface area contributed by atoms with E-state index in [-0.39, 0.29) is 0 Å². The van der Waals surface area contributed by atoms with Crippen molar-refractivity contribution < 1.29 is 0 Å². The molecule has 0 fully saturated rings. The molecule has 2 N–H and O–H groups in total. The van der Waals surface area contributed by atoms with Gasteiger partial charge >= 0.3 is 0 Å². The van der Waals surface area contributed by atoms with Crippen molar-refractivity contribution in [2.45, 2.75) is 0 Å². The molecule has 0 atom stereocenters. The maximum atomic E-state index is 4.27. The van der Waals surface area contributed by atoms with Gasteiger partial charge in [-0.3, -0.25) is 10.9 Å². The quantitative estimate of drug-likeness (QED) is 0.337. The Kier molecular flexibility index (Phi) is 6.57. The van der Waals surface area contributed by atoms with Crippen LogP contribution in [0.2, 0.25) is 0 Å². The summed E-state index contributed by atoms with van der Waals surface area (Å²) in [6.07, 6.45) is 3.54. The minimum Gasteiger partial charge on any atom is -0.279 e. The molecule has 0 heterocycles. The van der Waals surface area contributed by atoms with Gasteiger partial charge in [0.15, 0.2) is 0 Å². The van der Waals surface area contributed by atoms with Crippen LogP contribution in [-0.4, -0.2) is 12.4 Å². The Morgan fingerprint density at radius 1 is 0.615 bits per heavy atom. The number of anilines is 2. The molecule has 3 rings (SSSR count). The number of benzene rings is 3. The van der Waals surface area contributed by atoms with Crippen molar-refractivity contribution in [2.75, 3.05) is 10.9 Å². The van der Waals surface area contributed by atoms with E-state index in [4.69, 9.17) is 0 Å². The lowest BCUT2D eigenvalue weighted by molar-refractivity contribution is 1.34. The molecule has 3 aromatic carbocycles. The summed E-state index contributed by atoms with van der Waals surface area (Å²) in [6.45, 7) is 0. The summed E-state index contributed by atoms with van der Waals surface area (Å²) in [5, 5.41) is 8.55. The fourth-order valence-electron chi connectivity index (χ4n) is 2.15. The summed E-state index contributed by atoms with van der Waals surface area (Å²) in [7, 11) is 0. The van der Waals surface area contributed by atoms with Crippen molar-refractivity contribution in [1.29, 1.82) is 0 Å². The molecule has 0 spiro atoms. The average Bonchev–Trinajstić information content (AvgIpc) is 2.67. The number of nitrogens with one attached hydrogen (secondary N) is 2. The van der Waals surface area contributed by atoms with Gasteiger partial charge in [0, 0.05) is 20.1 Å². The number of hydrogen-bond donors (Lipinski definition) is 2. The van der Waals surface area contributed by atoms with Crippen LogP contribution >= 0.6 is 31.9 Å². The first kappa shape index (κ1) is 18.4. The van der Waals surface area contributed by atoms with E-state index in [1.54, 1.807) is 12.4 Å². The summed E-state index contributed by atoms with van der Waals surface area (Å²) in [4.78, 5) is 0. The summed E-state index contributed by atoms with van der Waals surface area (Å²) in [6, 6.07) is 23.6. The Labute approximate surface area is 169 Å². The summed E-state index contributed by atoms with van der Waals surface area (Å²) in [5.41, 5.74) is 9.79. The monoisotopic (exact) mass is 470 g/mol. The molecule has 0 saturated carbocycles. The van der Waals surface area contributed by atoms with Gasteiger partial charge in [-0.15, -0.1) is 0 Å². The van der Waals surface area contributed by atoms with Gasteiger partial charge in [0.05, 0.1) is 23.8 Å². The van der Waals surface area contributed by atoms with E-state index in [0.29, 0.717) is 0 Å². The molecule has 0 aromatic heterocycles. The second-order valence-corrected chi connectivity index (χ2v) is 7.08. The van der Waals surface area contributed by atoms with Crippen molar-refractivity contribution in [1.82, 2.24) is 0 Å². The molecule has 3 aromatic rings. The predicted octanol–water partition coefficient (Wildman–Crippen LogP) is 6.10. The fraction of sp³-hybridized carbons (Fsp3) is 0. The average molecular weight is 472 g/mol. The number of hydrogen-bond acceptors (Lipinski definition) is 4. The maximum absolute atomic E-state index is 4.27. The highest BCUT2D eigenvalue weighted by atomic mass is 79.9. The van der Waals surface area contributed by atoms with E-state index in [1.165, 1.54) is 0 Å². The number of halogens is 2. The molecule has 0 aliphatic carbocycles. The van der Waals surface area contributed by atoms with E-state index in [9.17, 15) is 0 Å². The van der Waals surface area contributed by atoms with Gasteiger partial charge in [0.25, 0.3) is 0 Å². The number of rotatable bonds is 6. The Hall–Kier alpha value is -2.44. The van der Waals surface area contributed by atoms with Crippen molar-refractivity contribution in [3.8, 4) is 0 Å². The highest BCUT2D eigenvalue weighted by Gasteiger charge is 2.04. The van der Waals surface area contributed by atoms with Gasteiger partial charge in [-0.2, -0.15) is 10.2 Å².